The van der Waals surface area contributed by atoms with Crippen molar-refractivity contribution in [2.24, 2.45) is 0 Å². The maximum absolute atomic E-state index is 12.5. The van der Waals surface area contributed by atoms with Gasteiger partial charge in [0.2, 0.25) is 0 Å². The Balaban J connectivity index is 1.57. The van der Waals surface area contributed by atoms with Crippen LogP contribution < -0.4 is 10.1 Å². The van der Waals surface area contributed by atoms with Crippen molar-refractivity contribution in [3.8, 4) is 17.0 Å². The highest BCUT2D eigenvalue weighted by molar-refractivity contribution is 9.10. The number of thiazole rings is 1. The van der Waals surface area contributed by atoms with Crippen molar-refractivity contribution in [3.05, 3.63) is 64.1 Å². The number of nitrogens with one attached hydrogen (secondary N) is 2. The van der Waals surface area contributed by atoms with Crippen molar-refractivity contribution in [1.29, 1.82) is 0 Å². The Hall–Kier alpha value is -2.64. The van der Waals surface area contributed by atoms with Crippen molar-refractivity contribution in [3.63, 3.8) is 0 Å². The van der Waals surface area contributed by atoms with Crippen molar-refractivity contribution in [2.75, 3.05) is 12.4 Å². The van der Waals surface area contributed by atoms with Gasteiger partial charge in [0, 0.05) is 26.3 Å². The van der Waals surface area contributed by atoms with E-state index in [0.717, 1.165) is 32.4 Å². The van der Waals surface area contributed by atoms with Crippen LogP contribution in [0, 0.1) is 0 Å². The van der Waals surface area contributed by atoms with E-state index in [1.54, 1.807) is 7.11 Å². The summed E-state index contributed by atoms with van der Waals surface area (Å²) in [6.45, 7) is 0. The van der Waals surface area contributed by atoms with Crippen molar-refractivity contribution >= 4 is 49.2 Å². The minimum absolute atomic E-state index is 0.224. The van der Waals surface area contributed by atoms with Crippen LogP contribution in [0.2, 0.25) is 0 Å². The van der Waals surface area contributed by atoms with Gasteiger partial charge in [-0.2, -0.15) is 0 Å². The highest BCUT2D eigenvalue weighted by atomic mass is 79.9. The van der Waals surface area contributed by atoms with Gasteiger partial charge in [0.1, 0.15) is 11.4 Å². The molecule has 2 N–H and O–H groups in total. The second kappa shape index (κ2) is 6.93. The molecule has 0 fully saturated rings. The molecule has 130 valence electrons. The lowest BCUT2D eigenvalue weighted by Crippen LogP contribution is -2.11. The number of methoxy groups -OCH3 is 1. The Kier molecular flexibility index (Phi) is 4.48. The third-order valence-corrected chi connectivity index (χ3v) is 5.19. The molecule has 0 spiro atoms. The van der Waals surface area contributed by atoms with E-state index in [4.69, 9.17) is 4.74 Å². The Morgan fingerprint density at radius 2 is 2.08 bits per heavy atom. The first-order valence-corrected chi connectivity index (χ1v) is 9.50. The zero-order valence-electron chi connectivity index (χ0n) is 13.7. The smallest absolute Gasteiger partial charge is 0.273 e. The Morgan fingerprint density at radius 1 is 1.23 bits per heavy atom. The minimum Gasteiger partial charge on any atom is -0.496 e. The molecule has 0 unspecified atom stereocenters. The molecule has 2 aromatic carbocycles. The van der Waals surface area contributed by atoms with Crippen LogP contribution in [0.15, 0.2) is 58.4 Å². The minimum atomic E-state index is -0.224. The largest absolute Gasteiger partial charge is 0.496 e. The molecule has 0 aliphatic heterocycles. The normalized spacial score (nSPS) is 10.8. The molecule has 0 saturated carbocycles. The molecule has 0 saturated heterocycles. The summed E-state index contributed by atoms with van der Waals surface area (Å²) >= 11 is 4.81. The summed E-state index contributed by atoms with van der Waals surface area (Å²) in [4.78, 5) is 20.2. The third kappa shape index (κ3) is 3.23. The number of aromatic nitrogens is 2. The van der Waals surface area contributed by atoms with Gasteiger partial charge in [-0.3, -0.25) is 10.1 Å². The molecule has 4 rings (SSSR count). The van der Waals surface area contributed by atoms with Crippen LogP contribution in [0.3, 0.4) is 0 Å². The fourth-order valence-electron chi connectivity index (χ4n) is 2.70. The number of anilines is 1. The summed E-state index contributed by atoms with van der Waals surface area (Å²) in [5.41, 5.74) is 3.05. The Morgan fingerprint density at radius 3 is 2.92 bits per heavy atom. The van der Waals surface area contributed by atoms with E-state index < -0.39 is 0 Å². The number of halogens is 1. The van der Waals surface area contributed by atoms with Crippen LogP contribution in [0.25, 0.3) is 22.2 Å². The number of carbonyl (C=O) groups is 1. The van der Waals surface area contributed by atoms with Crippen LogP contribution in [0.4, 0.5) is 5.13 Å². The van der Waals surface area contributed by atoms with E-state index in [1.165, 1.54) is 11.3 Å². The second-order valence-corrected chi connectivity index (χ2v) is 7.38. The average molecular weight is 428 g/mol. The predicted molar refractivity (Wildman–Crippen MR) is 108 cm³/mol. The van der Waals surface area contributed by atoms with Gasteiger partial charge in [-0.25, -0.2) is 4.98 Å². The standard InChI is InChI=1S/C19H14BrN3O2S/c1-25-17-5-3-2-4-13(17)16-10-26-19(22-16)23-18(24)15-8-11-6-7-12(20)9-14(11)21-15/h2-10,21H,1H3,(H,22,23,24). The molecule has 7 heteroatoms. The van der Waals surface area contributed by atoms with Crippen molar-refractivity contribution in [2.45, 2.75) is 0 Å². The number of fused-ring (bicyclic) bond motifs is 1. The predicted octanol–water partition coefficient (Wildman–Crippen LogP) is 5.31. The van der Waals surface area contributed by atoms with Crippen LogP contribution in [0.1, 0.15) is 10.5 Å². The zero-order chi connectivity index (χ0) is 18.1. The van der Waals surface area contributed by atoms with Gasteiger partial charge < -0.3 is 9.72 Å². The van der Waals surface area contributed by atoms with Gasteiger partial charge in [0.15, 0.2) is 5.13 Å². The quantitative estimate of drug-likeness (QED) is 0.463. The van der Waals surface area contributed by atoms with Gasteiger partial charge in [-0.1, -0.05) is 34.1 Å². The highest BCUT2D eigenvalue weighted by Gasteiger charge is 2.14. The van der Waals surface area contributed by atoms with E-state index in [-0.39, 0.29) is 5.91 Å². The van der Waals surface area contributed by atoms with E-state index in [2.05, 4.69) is 31.2 Å². The van der Waals surface area contributed by atoms with Gasteiger partial charge in [0.25, 0.3) is 5.91 Å². The lowest BCUT2D eigenvalue weighted by atomic mass is 10.1. The molecule has 0 atom stereocenters. The first kappa shape index (κ1) is 16.8. The molecule has 0 bridgehead atoms. The zero-order valence-corrected chi connectivity index (χ0v) is 16.1. The first-order valence-electron chi connectivity index (χ1n) is 7.82. The lowest BCUT2D eigenvalue weighted by Gasteiger charge is -2.05. The molecule has 26 heavy (non-hydrogen) atoms. The van der Waals surface area contributed by atoms with E-state index in [1.807, 2.05) is 53.9 Å². The van der Waals surface area contributed by atoms with Crippen LogP contribution in [-0.2, 0) is 0 Å². The first-order chi connectivity index (χ1) is 12.6. The van der Waals surface area contributed by atoms with E-state index >= 15 is 0 Å². The summed E-state index contributed by atoms with van der Waals surface area (Å²) in [6.07, 6.45) is 0. The van der Waals surface area contributed by atoms with Gasteiger partial charge in [0.05, 0.1) is 12.8 Å². The fourth-order valence-corrected chi connectivity index (χ4v) is 3.76. The fraction of sp³-hybridized carbons (Fsp3) is 0.0526. The number of para-hydroxylation sites is 1. The monoisotopic (exact) mass is 427 g/mol. The number of benzene rings is 2. The molecule has 0 aliphatic carbocycles. The lowest BCUT2D eigenvalue weighted by molar-refractivity contribution is 0.102. The summed E-state index contributed by atoms with van der Waals surface area (Å²) in [6, 6.07) is 15.3. The molecular weight excluding hydrogens is 414 g/mol. The van der Waals surface area contributed by atoms with Gasteiger partial charge in [-0.15, -0.1) is 11.3 Å². The SMILES string of the molecule is COc1ccccc1-c1csc(NC(=O)c2cc3ccc(Br)cc3[nH]2)n1. The van der Waals surface area contributed by atoms with Crippen LogP contribution in [0.5, 0.6) is 5.75 Å². The third-order valence-electron chi connectivity index (χ3n) is 3.94. The number of aromatic amines is 1. The van der Waals surface area contributed by atoms with Crippen LogP contribution in [-0.4, -0.2) is 23.0 Å². The maximum Gasteiger partial charge on any atom is 0.273 e. The highest BCUT2D eigenvalue weighted by Crippen LogP contribution is 2.32. The molecule has 2 aromatic heterocycles. The molecule has 0 aliphatic rings. The molecule has 5 nitrogen and oxygen atoms in total. The maximum atomic E-state index is 12.5. The van der Waals surface area contributed by atoms with Gasteiger partial charge in [-0.05, 0) is 30.3 Å². The van der Waals surface area contributed by atoms with Crippen molar-refractivity contribution < 1.29 is 9.53 Å². The molecule has 1 amide bonds. The number of hydrogen-bond acceptors (Lipinski definition) is 4. The summed E-state index contributed by atoms with van der Waals surface area (Å²) in [5.74, 6) is 0.523. The van der Waals surface area contributed by atoms with E-state index in [9.17, 15) is 4.79 Å². The number of rotatable bonds is 4. The molecular formula is C19H14BrN3O2S. The number of nitrogens with zero attached hydrogens (tertiary/aromatic N) is 1. The number of ether oxygens (including phenoxy) is 1. The number of carbonyl (C=O) groups excluding carboxylic acids is 1. The summed E-state index contributed by atoms with van der Waals surface area (Å²) < 4.78 is 6.33. The number of H-pyrrole nitrogens is 1. The molecule has 4 aromatic rings. The topological polar surface area (TPSA) is 67.0 Å². The van der Waals surface area contributed by atoms with E-state index in [0.29, 0.717) is 10.8 Å². The van der Waals surface area contributed by atoms with Gasteiger partial charge >= 0.3 is 0 Å². The Labute approximate surface area is 162 Å². The molecule has 2 heterocycles. The summed E-state index contributed by atoms with van der Waals surface area (Å²) in [7, 11) is 1.63. The van der Waals surface area contributed by atoms with Crippen LogP contribution >= 0.6 is 27.3 Å². The average Bonchev–Trinajstić information content (AvgIpc) is 3.28. The molecule has 0 radical (unpaired) electrons. The van der Waals surface area contributed by atoms with Crippen molar-refractivity contribution in [1.82, 2.24) is 9.97 Å². The number of hydrogen-bond donors (Lipinski definition) is 2. The number of amides is 1. The second-order valence-electron chi connectivity index (χ2n) is 5.61. The summed E-state index contributed by atoms with van der Waals surface area (Å²) in [5, 5.41) is 6.26. The Bertz CT molecular complexity index is 1100.